The quantitative estimate of drug-likeness (QED) is 0.136. The minimum absolute atomic E-state index is 0.117. The number of benzene rings is 8. The molecule has 0 aliphatic rings. The molecule has 1 N–H and O–H groups in total. The number of rotatable bonds is 6. The van der Waals surface area contributed by atoms with Gasteiger partial charge in [-0.2, -0.15) is 0 Å². The molecule has 0 saturated heterocycles. The van der Waals surface area contributed by atoms with Crippen molar-refractivity contribution < 1.29 is 4.92 Å². The standard InChI is InChI=1S/C26H18N2O2.C26H18N2/c29-28(30)26-12-5-4-11-24(26)21-13-14-25-22(17-21)15-16-27(25)23-10-6-9-20(18-23)19-7-2-1-3-8-19;1-2-7-18(8-3-1)19-9-6-10-20(17-19)28-16-15-23-25(28)14-13-22-21-11-4-5-12-24(21)27-26(22)23/h1-18H;1-17,27H. The number of para-hydroxylation sites is 2. The zero-order valence-electron chi connectivity index (χ0n) is 31.4. The van der Waals surface area contributed by atoms with Gasteiger partial charge in [0.2, 0.25) is 0 Å². The van der Waals surface area contributed by atoms with E-state index in [2.05, 4.69) is 154 Å². The van der Waals surface area contributed by atoms with Crippen LogP contribution in [0.2, 0.25) is 0 Å². The van der Waals surface area contributed by atoms with Gasteiger partial charge >= 0.3 is 0 Å². The summed E-state index contributed by atoms with van der Waals surface area (Å²) in [4.78, 5) is 14.7. The fraction of sp³-hybridized carbons (Fsp3) is 0. The van der Waals surface area contributed by atoms with E-state index in [1.54, 1.807) is 18.2 Å². The van der Waals surface area contributed by atoms with Gasteiger partial charge in [-0.1, -0.05) is 127 Å². The molecule has 3 aromatic heterocycles. The predicted molar refractivity (Wildman–Crippen MR) is 239 cm³/mol. The number of fused-ring (bicyclic) bond motifs is 6. The molecule has 3 heterocycles. The summed E-state index contributed by atoms with van der Waals surface area (Å²) < 4.78 is 4.41. The molecule has 276 valence electrons. The Morgan fingerprint density at radius 1 is 0.431 bits per heavy atom. The minimum atomic E-state index is -0.334. The van der Waals surface area contributed by atoms with Crippen molar-refractivity contribution in [3.8, 4) is 44.8 Å². The van der Waals surface area contributed by atoms with Crippen molar-refractivity contribution in [2.45, 2.75) is 0 Å². The van der Waals surface area contributed by atoms with Crippen LogP contribution in [0.4, 0.5) is 5.69 Å². The smallest absolute Gasteiger partial charge is 0.277 e. The third-order valence-corrected chi connectivity index (χ3v) is 10.9. The molecule has 6 heteroatoms. The van der Waals surface area contributed by atoms with Crippen LogP contribution in [0.1, 0.15) is 0 Å². The molecule has 0 spiro atoms. The molecule has 0 fully saturated rings. The first-order valence-electron chi connectivity index (χ1n) is 19.3. The van der Waals surface area contributed by atoms with Gasteiger partial charge < -0.3 is 14.1 Å². The van der Waals surface area contributed by atoms with Gasteiger partial charge in [0.1, 0.15) is 0 Å². The number of nitrogens with one attached hydrogen (secondary N) is 1. The molecule has 8 aromatic carbocycles. The molecule has 0 atom stereocenters. The second-order valence-corrected chi connectivity index (χ2v) is 14.3. The van der Waals surface area contributed by atoms with Gasteiger partial charge in [-0.25, -0.2) is 0 Å². The Morgan fingerprint density at radius 2 is 1.02 bits per heavy atom. The molecule has 0 amide bonds. The second kappa shape index (κ2) is 14.6. The van der Waals surface area contributed by atoms with E-state index in [0.29, 0.717) is 5.56 Å². The highest BCUT2D eigenvalue weighted by Crippen LogP contribution is 2.35. The van der Waals surface area contributed by atoms with Crippen LogP contribution in [0.15, 0.2) is 213 Å². The Morgan fingerprint density at radius 3 is 1.72 bits per heavy atom. The van der Waals surface area contributed by atoms with E-state index in [4.69, 9.17) is 0 Å². The van der Waals surface area contributed by atoms with Gasteiger partial charge in [0.15, 0.2) is 0 Å². The lowest BCUT2D eigenvalue weighted by atomic mass is 10.0. The van der Waals surface area contributed by atoms with Gasteiger partial charge in [0, 0.05) is 56.9 Å². The third-order valence-electron chi connectivity index (χ3n) is 10.9. The Labute approximate surface area is 334 Å². The average molecular weight is 749 g/mol. The van der Waals surface area contributed by atoms with Crippen LogP contribution in [0, 0.1) is 10.1 Å². The molecule has 11 aromatic rings. The monoisotopic (exact) mass is 748 g/mol. The van der Waals surface area contributed by atoms with E-state index >= 15 is 0 Å². The normalized spacial score (nSPS) is 11.2. The molecule has 6 nitrogen and oxygen atoms in total. The SMILES string of the molecule is O=[N+]([O-])c1ccccc1-c1ccc2c(ccn2-c2cccc(-c3ccccc3)c2)c1.c1ccc(-c2cccc(-n3ccc4c5[nH]c6ccccc6c5ccc43)c2)cc1. The summed E-state index contributed by atoms with van der Waals surface area (Å²) in [6, 6.07) is 68.0. The first-order valence-corrected chi connectivity index (χ1v) is 19.3. The fourth-order valence-corrected chi connectivity index (χ4v) is 8.11. The average Bonchev–Trinajstić information content (AvgIpc) is 4.03. The molecule has 58 heavy (non-hydrogen) atoms. The molecule has 0 aliphatic carbocycles. The van der Waals surface area contributed by atoms with Gasteiger partial charge in [0.25, 0.3) is 5.69 Å². The van der Waals surface area contributed by atoms with Crippen LogP contribution in [0.25, 0.3) is 88.4 Å². The Hall–Kier alpha value is -7.96. The highest BCUT2D eigenvalue weighted by Gasteiger charge is 2.16. The molecule has 0 bridgehead atoms. The second-order valence-electron chi connectivity index (χ2n) is 14.3. The van der Waals surface area contributed by atoms with E-state index in [0.717, 1.165) is 27.7 Å². The van der Waals surface area contributed by atoms with Crippen LogP contribution in [0.5, 0.6) is 0 Å². The lowest BCUT2D eigenvalue weighted by molar-refractivity contribution is -0.384. The predicted octanol–water partition coefficient (Wildman–Crippen LogP) is 13.8. The van der Waals surface area contributed by atoms with Crippen molar-refractivity contribution in [2.75, 3.05) is 0 Å². The number of H-pyrrole nitrogens is 1. The maximum atomic E-state index is 11.4. The summed E-state index contributed by atoms with van der Waals surface area (Å²) in [5, 5.41) is 16.2. The molecule has 0 aliphatic heterocycles. The maximum Gasteiger partial charge on any atom is 0.277 e. The maximum absolute atomic E-state index is 11.4. The molecular formula is C52H36N4O2. The number of hydrogen-bond acceptors (Lipinski definition) is 2. The van der Waals surface area contributed by atoms with E-state index in [9.17, 15) is 10.1 Å². The van der Waals surface area contributed by atoms with Gasteiger partial charge in [-0.15, -0.1) is 0 Å². The molecular weight excluding hydrogens is 713 g/mol. The number of nitro groups is 1. The first kappa shape index (κ1) is 34.5. The number of aromatic amines is 1. The lowest BCUT2D eigenvalue weighted by Crippen LogP contribution is -1.93. The zero-order valence-corrected chi connectivity index (χ0v) is 31.4. The topological polar surface area (TPSA) is 68.8 Å². The first-order chi connectivity index (χ1) is 28.6. The van der Waals surface area contributed by atoms with Crippen molar-refractivity contribution in [1.82, 2.24) is 14.1 Å². The van der Waals surface area contributed by atoms with E-state index in [-0.39, 0.29) is 10.6 Å². The van der Waals surface area contributed by atoms with E-state index < -0.39 is 0 Å². The lowest BCUT2D eigenvalue weighted by Gasteiger charge is -2.09. The van der Waals surface area contributed by atoms with Crippen LogP contribution in [-0.4, -0.2) is 19.0 Å². The van der Waals surface area contributed by atoms with Crippen molar-refractivity contribution in [2.24, 2.45) is 0 Å². The largest absolute Gasteiger partial charge is 0.354 e. The summed E-state index contributed by atoms with van der Waals surface area (Å²) in [5.41, 5.74) is 13.3. The number of aromatic nitrogens is 3. The minimum Gasteiger partial charge on any atom is -0.354 e. The fourth-order valence-electron chi connectivity index (χ4n) is 8.11. The molecule has 0 radical (unpaired) electrons. The number of nitrogens with zero attached hydrogens (tertiary/aromatic N) is 3. The number of hydrogen-bond donors (Lipinski definition) is 1. The molecule has 0 unspecified atom stereocenters. The number of nitro benzene ring substituents is 1. The summed E-state index contributed by atoms with van der Waals surface area (Å²) in [6.07, 6.45) is 4.21. The summed E-state index contributed by atoms with van der Waals surface area (Å²) in [6.45, 7) is 0. The zero-order chi connectivity index (χ0) is 39.0. The van der Waals surface area contributed by atoms with Crippen LogP contribution < -0.4 is 0 Å². The highest BCUT2D eigenvalue weighted by molar-refractivity contribution is 6.16. The van der Waals surface area contributed by atoms with Crippen molar-refractivity contribution in [3.63, 3.8) is 0 Å². The third kappa shape index (κ3) is 6.29. The summed E-state index contributed by atoms with van der Waals surface area (Å²) in [5.74, 6) is 0. The van der Waals surface area contributed by atoms with E-state index in [1.165, 1.54) is 55.1 Å². The Bertz CT molecular complexity index is 3270. The van der Waals surface area contributed by atoms with Crippen LogP contribution in [-0.2, 0) is 0 Å². The van der Waals surface area contributed by atoms with Crippen molar-refractivity contribution in [3.05, 3.63) is 223 Å². The molecule has 11 rings (SSSR count). The molecule has 0 saturated carbocycles. The van der Waals surface area contributed by atoms with Crippen LogP contribution >= 0.6 is 0 Å². The van der Waals surface area contributed by atoms with Crippen LogP contribution in [0.3, 0.4) is 0 Å². The van der Waals surface area contributed by atoms with E-state index in [1.807, 2.05) is 54.7 Å². The van der Waals surface area contributed by atoms with Gasteiger partial charge in [-0.05, 0) is 94.5 Å². The summed E-state index contributed by atoms with van der Waals surface area (Å²) in [7, 11) is 0. The van der Waals surface area contributed by atoms with Gasteiger partial charge in [-0.3, -0.25) is 10.1 Å². The highest BCUT2D eigenvalue weighted by atomic mass is 16.6. The van der Waals surface area contributed by atoms with Crippen molar-refractivity contribution in [1.29, 1.82) is 0 Å². The van der Waals surface area contributed by atoms with Crippen molar-refractivity contribution >= 4 is 49.3 Å². The van der Waals surface area contributed by atoms with Gasteiger partial charge in [0.05, 0.1) is 27.0 Å². The summed E-state index contributed by atoms with van der Waals surface area (Å²) >= 11 is 0. The Balaban J connectivity index is 0.000000141. The Kier molecular flexibility index (Phi) is 8.69.